The van der Waals surface area contributed by atoms with Gasteiger partial charge in [-0.2, -0.15) is 0 Å². The van der Waals surface area contributed by atoms with Crippen LogP contribution in [0.3, 0.4) is 0 Å². The Labute approximate surface area is 139 Å². The highest BCUT2D eigenvalue weighted by Gasteiger charge is 2.23. The largest absolute Gasteiger partial charge is 0.348 e. The topological polar surface area (TPSA) is 45.2 Å². The predicted octanol–water partition coefficient (Wildman–Crippen LogP) is 3.22. The third kappa shape index (κ3) is 3.88. The second kappa shape index (κ2) is 7.26. The standard InChI is InChI=1S/C14H14BrF2N3OS/c1-20(2)10(12-8(16)4-3-5-9(12)17)6-18-13(21)14-19-11(15)7-22-14/h3-5,7,10H,6H2,1-2H3,(H,18,21)/t10-/m0/s1. The molecule has 0 aliphatic carbocycles. The van der Waals surface area contributed by atoms with E-state index >= 15 is 0 Å². The average Bonchev–Trinajstić information content (AvgIpc) is 2.88. The molecule has 0 bridgehead atoms. The van der Waals surface area contributed by atoms with E-state index in [2.05, 4.69) is 26.2 Å². The first-order valence-electron chi connectivity index (χ1n) is 6.39. The minimum Gasteiger partial charge on any atom is -0.348 e. The van der Waals surface area contributed by atoms with Gasteiger partial charge in [-0.1, -0.05) is 6.07 Å². The van der Waals surface area contributed by atoms with Crippen molar-refractivity contribution in [2.75, 3.05) is 20.6 Å². The van der Waals surface area contributed by atoms with E-state index in [-0.39, 0.29) is 18.0 Å². The van der Waals surface area contributed by atoms with Crippen LogP contribution in [0.2, 0.25) is 0 Å². The van der Waals surface area contributed by atoms with Crippen LogP contribution in [-0.2, 0) is 0 Å². The lowest BCUT2D eigenvalue weighted by atomic mass is 10.0. The molecule has 8 heteroatoms. The summed E-state index contributed by atoms with van der Waals surface area (Å²) in [7, 11) is 3.39. The summed E-state index contributed by atoms with van der Waals surface area (Å²) in [5.74, 6) is -1.64. The fourth-order valence-electron chi connectivity index (χ4n) is 2.00. The maximum atomic E-state index is 13.9. The number of hydrogen-bond donors (Lipinski definition) is 1. The van der Waals surface area contributed by atoms with Gasteiger partial charge in [-0.25, -0.2) is 13.8 Å². The zero-order valence-electron chi connectivity index (χ0n) is 11.9. The molecule has 1 aromatic heterocycles. The third-order valence-electron chi connectivity index (χ3n) is 3.08. The summed E-state index contributed by atoms with van der Waals surface area (Å²) in [5, 5.41) is 4.64. The molecule has 22 heavy (non-hydrogen) atoms. The summed E-state index contributed by atoms with van der Waals surface area (Å²) >= 11 is 4.36. The summed E-state index contributed by atoms with van der Waals surface area (Å²) in [6, 6.07) is 3.10. The van der Waals surface area contributed by atoms with Crippen LogP contribution in [0, 0.1) is 11.6 Å². The molecule has 0 unspecified atom stereocenters. The Morgan fingerprint density at radius 2 is 2.05 bits per heavy atom. The fourth-order valence-corrected chi connectivity index (χ4v) is 3.16. The van der Waals surface area contributed by atoms with Gasteiger partial charge in [-0.05, 0) is 42.2 Å². The van der Waals surface area contributed by atoms with E-state index in [1.165, 1.54) is 29.5 Å². The first-order chi connectivity index (χ1) is 10.4. The second-order valence-corrected chi connectivity index (χ2v) is 6.47. The maximum absolute atomic E-state index is 13.9. The number of hydrogen-bond acceptors (Lipinski definition) is 4. The van der Waals surface area contributed by atoms with E-state index in [1.807, 2.05) is 0 Å². The van der Waals surface area contributed by atoms with Gasteiger partial charge in [0, 0.05) is 17.5 Å². The average molecular weight is 390 g/mol. The first kappa shape index (κ1) is 17.0. The number of amides is 1. The van der Waals surface area contributed by atoms with Crippen LogP contribution >= 0.6 is 27.3 Å². The first-order valence-corrected chi connectivity index (χ1v) is 8.07. The van der Waals surface area contributed by atoms with Gasteiger partial charge in [0.2, 0.25) is 0 Å². The minimum absolute atomic E-state index is 0.0619. The second-order valence-electron chi connectivity index (χ2n) is 4.80. The molecule has 0 fully saturated rings. The van der Waals surface area contributed by atoms with Gasteiger partial charge in [-0.3, -0.25) is 4.79 Å². The van der Waals surface area contributed by atoms with Crippen molar-refractivity contribution in [3.05, 3.63) is 50.4 Å². The molecule has 1 atom stereocenters. The molecule has 2 aromatic rings. The number of nitrogens with zero attached hydrogens (tertiary/aromatic N) is 2. The third-order valence-corrected chi connectivity index (χ3v) is 4.63. The van der Waals surface area contributed by atoms with Crippen LogP contribution < -0.4 is 5.32 Å². The summed E-state index contributed by atoms with van der Waals surface area (Å²) in [5.41, 5.74) is -0.0619. The number of rotatable bonds is 5. The van der Waals surface area contributed by atoms with Crippen LogP contribution in [-0.4, -0.2) is 36.4 Å². The van der Waals surface area contributed by atoms with Crippen molar-refractivity contribution >= 4 is 33.2 Å². The van der Waals surface area contributed by atoms with Crippen molar-refractivity contribution < 1.29 is 13.6 Å². The molecule has 0 saturated carbocycles. The normalized spacial score (nSPS) is 12.5. The summed E-state index contributed by atoms with van der Waals surface area (Å²) in [6.45, 7) is 0.0703. The number of nitrogens with one attached hydrogen (secondary N) is 1. The number of carbonyl (C=O) groups is 1. The Bertz CT molecular complexity index is 658. The lowest BCUT2D eigenvalue weighted by molar-refractivity contribution is 0.0940. The van der Waals surface area contributed by atoms with Crippen LogP contribution in [0.1, 0.15) is 21.4 Å². The van der Waals surface area contributed by atoms with Crippen molar-refractivity contribution in [2.45, 2.75) is 6.04 Å². The molecule has 1 amide bonds. The Morgan fingerprint density at radius 1 is 1.41 bits per heavy atom. The van der Waals surface area contributed by atoms with Gasteiger partial charge in [0.15, 0.2) is 5.01 Å². The van der Waals surface area contributed by atoms with E-state index in [4.69, 9.17) is 0 Å². The molecule has 0 aliphatic heterocycles. The molecular formula is C14H14BrF2N3OS. The van der Waals surface area contributed by atoms with Gasteiger partial charge in [-0.15, -0.1) is 11.3 Å². The molecular weight excluding hydrogens is 376 g/mol. The molecule has 4 nitrogen and oxygen atoms in total. The van der Waals surface area contributed by atoms with Crippen LogP contribution in [0.5, 0.6) is 0 Å². The zero-order chi connectivity index (χ0) is 16.3. The molecule has 1 aromatic carbocycles. The number of carbonyl (C=O) groups excluding carboxylic acids is 1. The lowest BCUT2D eigenvalue weighted by Crippen LogP contribution is -2.35. The summed E-state index contributed by atoms with van der Waals surface area (Å²) in [6.07, 6.45) is 0. The Balaban J connectivity index is 2.15. The van der Waals surface area contributed by atoms with Crippen molar-refractivity contribution in [3.8, 4) is 0 Å². The molecule has 0 saturated heterocycles. The summed E-state index contributed by atoms with van der Waals surface area (Å²) in [4.78, 5) is 17.7. The van der Waals surface area contributed by atoms with Crippen LogP contribution in [0.15, 0.2) is 28.2 Å². The fraction of sp³-hybridized carbons (Fsp3) is 0.286. The number of aromatic nitrogens is 1. The molecule has 118 valence electrons. The highest BCUT2D eigenvalue weighted by Crippen LogP contribution is 2.24. The SMILES string of the molecule is CN(C)[C@@H](CNC(=O)c1nc(Br)cs1)c1c(F)cccc1F. The number of thiazole rings is 1. The monoisotopic (exact) mass is 389 g/mol. The van der Waals surface area contributed by atoms with E-state index in [0.717, 1.165) is 0 Å². The highest BCUT2D eigenvalue weighted by atomic mass is 79.9. The highest BCUT2D eigenvalue weighted by molar-refractivity contribution is 9.10. The van der Waals surface area contributed by atoms with E-state index in [1.54, 1.807) is 24.4 Å². The molecule has 1 N–H and O–H groups in total. The van der Waals surface area contributed by atoms with Crippen molar-refractivity contribution in [2.24, 2.45) is 0 Å². The van der Waals surface area contributed by atoms with Gasteiger partial charge in [0.25, 0.3) is 5.91 Å². The minimum atomic E-state index is -0.634. The van der Waals surface area contributed by atoms with Crippen molar-refractivity contribution in [1.82, 2.24) is 15.2 Å². The quantitative estimate of drug-likeness (QED) is 0.853. The Morgan fingerprint density at radius 3 is 2.55 bits per heavy atom. The van der Waals surface area contributed by atoms with Gasteiger partial charge in [0.1, 0.15) is 16.2 Å². The van der Waals surface area contributed by atoms with E-state index in [0.29, 0.717) is 9.61 Å². The van der Waals surface area contributed by atoms with E-state index in [9.17, 15) is 13.6 Å². The lowest BCUT2D eigenvalue weighted by Gasteiger charge is -2.25. The van der Waals surface area contributed by atoms with Gasteiger partial charge >= 0.3 is 0 Å². The Hall–Kier alpha value is -1.38. The number of likely N-dealkylation sites (N-methyl/N-ethyl adjacent to an activating group) is 1. The molecule has 0 radical (unpaired) electrons. The molecule has 1 heterocycles. The summed E-state index contributed by atoms with van der Waals surface area (Å²) < 4.78 is 28.4. The van der Waals surface area contributed by atoms with Crippen molar-refractivity contribution in [3.63, 3.8) is 0 Å². The zero-order valence-corrected chi connectivity index (χ0v) is 14.3. The van der Waals surface area contributed by atoms with Crippen molar-refractivity contribution in [1.29, 1.82) is 0 Å². The number of halogens is 3. The van der Waals surface area contributed by atoms with Gasteiger partial charge < -0.3 is 10.2 Å². The van der Waals surface area contributed by atoms with Crippen LogP contribution in [0.25, 0.3) is 0 Å². The molecule has 0 spiro atoms. The molecule has 0 aliphatic rings. The van der Waals surface area contributed by atoms with Gasteiger partial charge in [0.05, 0.1) is 6.04 Å². The Kier molecular flexibility index (Phi) is 5.60. The smallest absolute Gasteiger partial charge is 0.280 e. The van der Waals surface area contributed by atoms with Crippen LogP contribution in [0.4, 0.5) is 8.78 Å². The predicted molar refractivity (Wildman–Crippen MR) is 84.9 cm³/mol. The number of benzene rings is 1. The maximum Gasteiger partial charge on any atom is 0.280 e. The van der Waals surface area contributed by atoms with E-state index < -0.39 is 17.7 Å². The molecule has 2 rings (SSSR count).